The molecular formula is C54H93N3O39. The summed E-state index contributed by atoms with van der Waals surface area (Å²) in [5.41, 5.74) is 0. The molecule has 558 valence electrons. The van der Waals surface area contributed by atoms with E-state index in [1.165, 1.54) is 13.8 Å². The fourth-order valence-electron chi connectivity index (χ4n) is 12.0. The van der Waals surface area contributed by atoms with Gasteiger partial charge in [-0.05, 0) is 13.8 Å². The predicted molar refractivity (Wildman–Crippen MR) is 299 cm³/mol. The van der Waals surface area contributed by atoms with Crippen molar-refractivity contribution in [3.05, 3.63) is 0 Å². The van der Waals surface area contributed by atoms with Crippen LogP contribution < -0.4 is 16.0 Å². The first-order chi connectivity index (χ1) is 45.3. The molecule has 39 atom stereocenters. The average molecular weight is 1410 g/mol. The summed E-state index contributed by atoms with van der Waals surface area (Å²) in [7, 11) is 0. The van der Waals surface area contributed by atoms with E-state index in [0.29, 0.717) is 0 Å². The molecule has 7 heterocycles. The maximum absolute atomic E-state index is 13.0. The van der Waals surface area contributed by atoms with Crippen LogP contribution in [-0.4, -0.2) is 415 Å². The van der Waals surface area contributed by atoms with E-state index in [9.17, 15) is 127 Å². The van der Waals surface area contributed by atoms with Gasteiger partial charge >= 0.3 is 0 Å². The van der Waals surface area contributed by atoms with Gasteiger partial charge in [0.05, 0.1) is 64.5 Å². The average Bonchev–Trinajstić information content (AvgIpc) is 0.777. The van der Waals surface area contributed by atoms with Crippen molar-refractivity contribution in [3.63, 3.8) is 0 Å². The molecule has 7 saturated heterocycles. The molecule has 96 heavy (non-hydrogen) atoms. The second-order valence-corrected chi connectivity index (χ2v) is 24.4. The Morgan fingerprint density at radius 1 is 0.375 bits per heavy atom. The van der Waals surface area contributed by atoms with Crippen LogP contribution in [0.1, 0.15) is 34.6 Å². The van der Waals surface area contributed by atoms with Crippen LogP contribution >= 0.6 is 0 Å². The molecule has 0 aromatic carbocycles. The van der Waals surface area contributed by atoms with Crippen molar-refractivity contribution in [1.29, 1.82) is 0 Å². The maximum Gasteiger partial charge on any atom is 0.217 e. The smallest absolute Gasteiger partial charge is 0.217 e. The number of carbonyl (C=O) groups excluding carboxylic acids is 3. The molecule has 0 aromatic rings. The number of carbonyl (C=O) groups is 3. The summed E-state index contributed by atoms with van der Waals surface area (Å²) in [4.78, 5) is 38.6. The number of hydrogen-bond donors (Lipinski definition) is 25. The fourth-order valence-corrected chi connectivity index (χ4v) is 12.0. The summed E-state index contributed by atoms with van der Waals surface area (Å²) in [5.74, 6) is -2.75. The Balaban J connectivity index is 1.15. The van der Waals surface area contributed by atoms with E-state index in [-0.39, 0.29) is 0 Å². The lowest BCUT2D eigenvalue weighted by Gasteiger charge is -2.51. The van der Waals surface area contributed by atoms with Crippen LogP contribution in [0, 0.1) is 0 Å². The van der Waals surface area contributed by atoms with Gasteiger partial charge in [0.15, 0.2) is 44.0 Å². The number of ether oxygens (including phenoxy) is 14. The molecule has 0 aromatic heterocycles. The number of hydrogen-bond acceptors (Lipinski definition) is 39. The van der Waals surface area contributed by atoms with Crippen LogP contribution in [0.5, 0.6) is 0 Å². The van der Waals surface area contributed by atoms with Gasteiger partial charge in [-0.1, -0.05) is 0 Å². The van der Waals surface area contributed by atoms with Crippen molar-refractivity contribution < 1.29 is 193 Å². The van der Waals surface area contributed by atoms with Gasteiger partial charge in [0.2, 0.25) is 17.7 Å². The SMILES string of the molecule is CC(=O)N[C@H]1[C@H](OC[C@@H](O)[C@H](O)[C@H](O[C@@H]2O[C@H](CO)[C@@H](O)[C@H](O[C@@H]3O[C@H](CO)[C@H](O)[C@H](O)[C@H]3O[C@@H]3O[C@@H](C)[C@@H](O)[C@@H](O)[C@@H]3O)[C@H]2NC(C)=O)[C@H](CO)NC(C)=O)O[C@H](CO)[C@@H](O[C@@H]2O[C@H](CO)[C@H](O)[C@H](O[C@H]3O[C@H](CO)[C@H](O)[C@H](O)[C@H]3O)[C@H]2O[C@@H]2O[C@@H](C)[C@@H](O)[C@@H](O)[C@@H]2O)[C@@H]1O. The molecule has 0 bridgehead atoms. The van der Waals surface area contributed by atoms with E-state index in [4.69, 9.17) is 66.3 Å². The fraction of sp³-hybridized carbons (Fsp3) is 0.944. The Labute approximate surface area is 545 Å². The number of nitrogens with one attached hydrogen (secondary N) is 3. The lowest BCUT2D eigenvalue weighted by atomic mass is 9.94. The van der Waals surface area contributed by atoms with Gasteiger partial charge in [0, 0.05) is 20.8 Å². The number of aliphatic hydroxyl groups is 22. The van der Waals surface area contributed by atoms with E-state index < -0.39 is 303 Å². The Morgan fingerprint density at radius 2 is 0.760 bits per heavy atom. The van der Waals surface area contributed by atoms with Crippen LogP contribution in [0.25, 0.3) is 0 Å². The van der Waals surface area contributed by atoms with Crippen molar-refractivity contribution in [1.82, 2.24) is 16.0 Å². The van der Waals surface area contributed by atoms with Gasteiger partial charge in [0.1, 0.15) is 177 Å². The third kappa shape index (κ3) is 18.1. The van der Waals surface area contributed by atoms with Crippen molar-refractivity contribution in [3.8, 4) is 0 Å². The molecule has 0 spiro atoms. The van der Waals surface area contributed by atoms with E-state index in [1.54, 1.807) is 0 Å². The first kappa shape index (κ1) is 80.3. The molecule has 0 unspecified atom stereocenters. The molecular weight excluding hydrogens is 1310 g/mol. The maximum atomic E-state index is 13.0. The van der Waals surface area contributed by atoms with Gasteiger partial charge in [-0.25, -0.2) is 0 Å². The van der Waals surface area contributed by atoms with Crippen LogP contribution in [0.4, 0.5) is 0 Å². The highest BCUT2D eigenvalue weighted by molar-refractivity contribution is 5.74. The summed E-state index contributed by atoms with van der Waals surface area (Å²) < 4.78 is 82.2. The lowest BCUT2D eigenvalue weighted by Crippen LogP contribution is -2.70. The third-order valence-electron chi connectivity index (χ3n) is 17.4. The first-order valence-electron chi connectivity index (χ1n) is 30.8. The van der Waals surface area contributed by atoms with Crippen molar-refractivity contribution in [2.75, 3.05) is 46.2 Å². The van der Waals surface area contributed by atoms with Crippen molar-refractivity contribution >= 4 is 17.7 Å². The second kappa shape index (κ2) is 35.2. The van der Waals surface area contributed by atoms with Crippen LogP contribution in [0.2, 0.25) is 0 Å². The number of amides is 3. The molecule has 0 radical (unpaired) electrons. The standard InChI is InChI=1S/C54H93N3O39/c1-13-27(68)35(76)39(80)50(84-13)95-46-38(79)31(72)21(8-60)88-53(46)93-44-26(57-17(5)66)49(86-22(9-61)32(44)73)91-42(18(6-58)55-15(3)64)29(70)19(67)12-83-48-25(56-16(4)65)34(75)43(24(11-63)90-48)92-54-47(96-51-40(81)36(77)28(69)14(2)85-51)45(33(74)23(10-62)89-54)94-52-41(82)37(78)30(71)20(7-59)87-52/h13-14,18-54,58-63,67-82H,6-12H2,1-5H3,(H,55,64)(H,56,65)(H,57,66)/t13-,14-,18-,19+,20+,21+,22+,23+,24+,25+,26+,27+,28+,29-,30-,31-,32+,33-,34+,35+,36+,37-,38-,39-,40-,41+,42+,43+,44+,45-,46+,47+,48+,49-,50-,51-,52+,53-,54-/m0/s1. The minimum Gasteiger partial charge on any atom is -0.394 e. The highest BCUT2D eigenvalue weighted by atomic mass is 16.8. The molecule has 7 fully saturated rings. The summed E-state index contributed by atoms with van der Waals surface area (Å²) in [6, 6.07) is -5.57. The zero-order valence-corrected chi connectivity index (χ0v) is 52.2. The number of rotatable bonds is 27. The summed E-state index contributed by atoms with van der Waals surface area (Å²) >= 11 is 0. The Bertz CT molecular complexity index is 2420. The van der Waals surface area contributed by atoms with E-state index in [2.05, 4.69) is 16.0 Å². The van der Waals surface area contributed by atoms with Crippen molar-refractivity contribution in [2.45, 2.75) is 274 Å². The summed E-state index contributed by atoms with van der Waals surface area (Å²) in [6.45, 7) is -2.15. The topological polar surface area (TPSA) is 662 Å². The Morgan fingerprint density at radius 3 is 1.25 bits per heavy atom. The van der Waals surface area contributed by atoms with Crippen molar-refractivity contribution in [2.24, 2.45) is 0 Å². The Kier molecular flexibility index (Phi) is 29.5. The van der Waals surface area contributed by atoms with Gasteiger partial charge in [-0.15, -0.1) is 0 Å². The molecule has 42 nitrogen and oxygen atoms in total. The van der Waals surface area contributed by atoms with Gasteiger partial charge < -0.3 is 195 Å². The normalized spacial score (nSPS) is 46.8. The molecule has 0 saturated carbocycles. The molecule has 0 aliphatic carbocycles. The second-order valence-electron chi connectivity index (χ2n) is 24.4. The zero-order valence-electron chi connectivity index (χ0n) is 52.2. The number of aliphatic hydroxyl groups excluding tert-OH is 22. The quantitative estimate of drug-likeness (QED) is 0.0363. The van der Waals surface area contributed by atoms with Gasteiger partial charge in [-0.2, -0.15) is 0 Å². The minimum atomic E-state index is -2.43. The van der Waals surface area contributed by atoms with Gasteiger partial charge in [-0.3, -0.25) is 14.4 Å². The van der Waals surface area contributed by atoms with E-state index in [1.807, 2.05) is 0 Å². The predicted octanol–water partition coefficient (Wildman–Crippen LogP) is -16.3. The zero-order chi connectivity index (χ0) is 71.2. The molecule has 25 N–H and O–H groups in total. The monoisotopic (exact) mass is 1410 g/mol. The molecule has 7 rings (SSSR count). The molecule has 3 amide bonds. The Hall–Kier alpha value is -3.03. The highest BCUT2D eigenvalue weighted by Gasteiger charge is 2.59. The molecule has 7 aliphatic heterocycles. The highest BCUT2D eigenvalue weighted by Crippen LogP contribution is 2.38. The van der Waals surface area contributed by atoms with E-state index >= 15 is 0 Å². The minimum absolute atomic E-state index is 0.893. The summed E-state index contributed by atoms with van der Waals surface area (Å²) in [6.07, 6.45) is -70.7. The summed E-state index contributed by atoms with van der Waals surface area (Å²) in [5, 5.41) is 247. The first-order valence-corrected chi connectivity index (χ1v) is 30.8. The lowest BCUT2D eigenvalue weighted by molar-refractivity contribution is -0.402. The molecule has 42 heteroatoms. The van der Waals surface area contributed by atoms with Crippen LogP contribution in [0.3, 0.4) is 0 Å². The largest absolute Gasteiger partial charge is 0.394 e. The molecule has 7 aliphatic rings. The van der Waals surface area contributed by atoms with Crippen LogP contribution in [-0.2, 0) is 80.7 Å². The van der Waals surface area contributed by atoms with E-state index in [0.717, 1.165) is 20.8 Å². The van der Waals surface area contributed by atoms with Gasteiger partial charge in [0.25, 0.3) is 0 Å². The third-order valence-corrected chi connectivity index (χ3v) is 17.4. The van der Waals surface area contributed by atoms with Crippen LogP contribution in [0.15, 0.2) is 0 Å².